The molecule has 0 saturated heterocycles. The van der Waals surface area contributed by atoms with Crippen molar-refractivity contribution in [1.82, 2.24) is 0 Å². The third kappa shape index (κ3) is 395. The first-order chi connectivity index (χ1) is 5.20. The van der Waals surface area contributed by atoms with E-state index in [1.54, 1.807) is 0 Å². The van der Waals surface area contributed by atoms with Crippen molar-refractivity contribution in [3.63, 3.8) is 0 Å². The van der Waals surface area contributed by atoms with Gasteiger partial charge in [0.05, 0.1) is 0 Å². The Labute approximate surface area is 240 Å². The van der Waals surface area contributed by atoms with Crippen LogP contribution < -0.4 is 193 Å². The normalized spacial score (nSPS) is 4.17. The summed E-state index contributed by atoms with van der Waals surface area (Å²) in [4.78, 5) is 26.7. The Morgan fingerprint density at radius 1 is 0.500 bits per heavy atom. The van der Waals surface area contributed by atoms with Gasteiger partial charge in [-0.15, -0.1) is 0 Å². The van der Waals surface area contributed by atoms with E-state index in [1.807, 2.05) is 0 Å². The molecule has 12 heteroatoms. The van der Waals surface area contributed by atoms with Crippen LogP contribution in [0.5, 0.6) is 0 Å². The van der Waals surface area contributed by atoms with E-state index in [2.05, 4.69) is 0 Å². The monoisotopic (exact) mass is 315 g/mol. The molecule has 0 saturated carbocycles. The molecule has 0 aliphatic rings. The van der Waals surface area contributed by atoms with Gasteiger partial charge in [-0.25, -0.2) is 0 Å². The molecule has 0 bridgehead atoms. The maximum Gasteiger partial charge on any atom is 1.00 e. The van der Waals surface area contributed by atoms with Crippen molar-refractivity contribution in [3.8, 4) is 0 Å². The average Bonchev–Trinajstić information content (AvgIpc) is 1.54. The van der Waals surface area contributed by atoms with Gasteiger partial charge in [0.15, 0.2) is 0 Å². The first kappa shape index (κ1) is 57.1. The minimum absolute atomic E-state index is 0. The van der Waals surface area contributed by atoms with E-state index in [0.29, 0.717) is 0 Å². The van der Waals surface area contributed by atoms with Crippen molar-refractivity contribution in [2.24, 2.45) is 0 Å². The standard InChI is InChI=1S/3C2H4O2.6Na/c3*1-2(3)4;;;;;;/h3*1H3,(H,3,4);;;;;;/q;;;6*+1/p-3. The molecule has 0 radical (unpaired) electrons. The summed E-state index contributed by atoms with van der Waals surface area (Å²) < 4.78 is 0. The quantitative estimate of drug-likeness (QED) is 0.409. The molecule has 18 heavy (non-hydrogen) atoms. The Kier molecular flexibility index (Phi) is 157. The van der Waals surface area contributed by atoms with Gasteiger partial charge in [-0.1, -0.05) is 0 Å². The third-order valence-corrected chi connectivity index (χ3v) is 0. The van der Waals surface area contributed by atoms with E-state index in [1.165, 1.54) is 0 Å². The second-order valence-corrected chi connectivity index (χ2v) is 1.47. The van der Waals surface area contributed by atoms with Gasteiger partial charge in [0, 0.05) is 17.9 Å². The van der Waals surface area contributed by atoms with Crippen molar-refractivity contribution in [2.45, 2.75) is 20.8 Å². The van der Waals surface area contributed by atoms with Crippen molar-refractivity contribution < 1.29 is 207 Å². The molecule has 0 fully saturated rings. The Morgan fingerprint density at radius 2 is 0.500 bits per heavy atom. The van der Waals surface area contributed by atoms with E-state index in [0.717, 1.165) is 20.8 Å². The first-order valence-electron chi connectivity index (χ1n) is 2.72. The summed E-state index contributed by atoms with van der Waals surface area (Å²) >= 11 is 0. The maximum atomic E-state index is 8.89. The van der Waals surface area contributed by atoms with Crippen LogP contribution in [0, 0.1) is 0 Å². The van der Waals surface area contributed by atoms with Crippen LogP contribution in [-0.2, 0) is 14.4 Å². The zero-order valence-corrected chi connectivity index (χ0v) is 24.9. The number of hydrogen-bond donors (Lipinski definition) is 0. The number of carboxylic acids is 3. The van der Waals surface area contributed by atoms with Gasteiger partial charge in [0.1, 0.15) is 0 Å². The number of aliphatic carboxylic acids is 3. The number of carbonyl (C=O) groups is 3. The van der Waals surface area contributed by atoms with E-state index in [9.17, 15) is 0 Å². The Hall–Kier alpha value is 4.41. The molecule has 0 N–H and O–H groups in total. The summed E-state index contributed by atoms with van der Waals surface area (Å²) in [7, 11) is 0. The van der Waals surface area contributed by atoms with Crippen LogP contribution >= 0.6 is 0 Å². The number of carboxylic acid groups (broad SMARTS) is 3. The Balaban J connectivity index is -0.00000000827. The van der Waals surface area contributed by atoms with Crippen LogP contribution in [0.2, 0.25) is 0 Å². The molecule has 6 nitrogen and oxygen atoms in total. The average molecular weight is 315 g/mol. The van der Waals surface area contributed by atoms with Gasteiger partial charge < -0.3 is 29.7 Å². The van der Waals surface area contributed by atoms with Crippen molar-refractivity contribution in [3.05, 3.63) is 0 Å². The molecule has 0 heterocycles. The van der Waals surface area contributed by atoms with Crippen molar-refractivity contribution >= 4 is 17.9 Å². The van der Waals surface area contributed by atoms with Crippen molar-refractivity contribution in [2.75, 3.05) is 0 Å². The van der Waals surface area contributed by atoms with E-state index in [4.69, 9.17) is 29.7 Å². The van der Waals surface area contributed by atoms with Crippen LogP contribution in [0.4, 0.5) is 0 Å². The maximum absolute atomic E-state index is 8.89. The molecule has 0 atom stereocenters. The smallest absolute Gasteiger partial charge is 0.550 e. The molecule has 0 aliphatic heterocycles. The van der Waals surface area contributed by atoms with Gasteiger partial charge in [-0.3, -0.25) is 0 Å². The summed E-state index contributed by atoms with van der Waals surface area (Å²) in [5.74, 6) is -3.25. The van der Waals surface area contributed by atoms with Crippen LogP contribution in [-0.4, -0.2) is 17.9 Å². The van der Waals surface area contributed by atoms with Crippen LogP contribution in [0.1, 0.15) is 20.8 Å². The number of rotatable bonds is 0. The molecule has 0 aromatic heterocycles. The molecule has 0 unspecified atom stereocenters. The molecule has 0 aromatic carbocycles. The molecule has 0 rings (SSSR count). The van der Waals surface area contributed by atoms with E-state index in [-0.39, 0.29) is 177 Å². The number of carbonyl (C=O) groups excluding carboxylic acids is 3. The van der Waals surface area contributed by atoms with Crippen LogP contribution in [0.25, 0.3) is 0 Å². The fraction of sp³-hybridized carbons (Fsp3) is 0.500. The first-order valence-corrected chi connectivity index (χ1v) is 2.72. The Bertz CT molecular complexity index is 126. The summed E-state index contributed by atoms with van der Waals surface area (Å²) in [6.07, 6.45) is 0. The summed E-state index contributed by atoms with van der Waals surface area (Å²) in [5, 5.41) is 26.7. The van der Waals surface area contributed by atoms with Gasteiger partial charge in [-0.2, -0.15) is 0 Å². The SMILES string of the molecule is CC(=O)[O-].CC(=O)[O-].CC(=O)[O-].[Na+].[Na+].[Na+].[Na+].[Na+].[Na+]. The zero-order valence-electron chi connectivity index (χ0n) is 12.9. The van der Waals surface area contributed by atoms with Crippen LogP contribution in [0.15, 0.2) is 0 Å². The number of hydrogen-bond acceptors (Lipinski definition) is 6. The minimum Gasteiger partial charge on any atom is -0.550 e. The molecule has 0 amide bonds. The topological polar surface area (TPSA) is 120 Å². The third-order valence-electron chi connectivity index (χ3n) is 0. The zero-order chi connectivity index (χ0) is 10.7. The minimum atomic E-state index is -1.08. The second-order valence-electron chi connectivity index (χ2n) is 1.47. The van der Waals surface area contributed by atoms with Gasteiger partial charge in [0.25, 0.3) is 0 Å². The largest absolute Gasteiger partial charge is 1.00 e. The van der Waals surface area contributed by atoms with Gasteiger partial charge in [0.2, 0.25) is 0 Å². The van der Waals surface area contributed by atoms with Gasteiger partial charge >= 0.3 is 177 Å². The molecule has 0 spiro atoms. The molecule has 72 valence electrons. The second kappa shape index (κ2) is 49.6. The van der Waals surface area contributed by atoms with Crippen LogP contribution in [0.3, 0.4) is 0 Å². The van der Waals surface area contributed by atoms with Crippen molar-refractivity contribution in [1.29, 1.82) is 0 Å². The Morgan fingerprint density at radius 3 is 0.500 bits per heavy atom. The molecular formula is C6H9Na6O6+3. The molecular weight excluding hydrogens is 306 g/mol. The summed E-state index contributed by atoms with van der Waals surface area (Å²) in [6, 6.07) is 0. The van der Waals surface area contributed by atoms with Gasteiger partial charge in [-0.05, 0) is 20.8 Å². The summed E-state index contributed by atoms with van der Waals surface area (Å²) in [6.45, 7) is 2.92. The summed E-state index contributed by atoms with van der Waals surface area (Å²) in [5.41, 5.74) is 0. The fourth-order valence-electron chi connectivity index (χ4n) is 0. The van der Waals surface area contributed by atoms with E-state index >= 15 is 0 Å². The molecule has 0 aliphatic carbocycles. The fourth-order valence-corrected chi connectivity index (χ4v) is 0. The molecule has 0 aromatic rings. The predicted octanol–water partition coefficient (Wildman–Crippen LogP) is -21.7. The van der Waals surface area contributed by atoms with E-state index < -0.39 is 17.9 Å². The predicted molar refractivity (Wildman–Crippen MR) is 32.0 cm³/mol.